The quantitative estimate of drug-likeness (QED) is 0.263. The van der Waals surface area contributed by atoms with Crippen molar-refractivity contribution in [1.82, 2.24) is 0 Å². The summed E-state index contributed by atoms with van der Waals surface area (Å²) in [5.41, 5.74) is 3.48. The maximum atomic E-state index is 2.22. The smallest absolute Gasteiger partial charge is 0.210 e. The van der Waals surface area contributed by atoms with E-state index < -0.39 is 0 Å². The van der Waals surface area contributed by atoms with Crippen molar-refractivity contribution in [2.24, 2.45) is 0 Å². The molecule has 0 aliphatic carbocycles. The Kier molecular flexibility index (Phi) is 22.2. The summed E-state index contributed by atoms with van der Waals surface area (Å²) >= 11 is 0. The predicted octanol–water partition coefficient (Wildman–Crippen LogP) is 6.77. The second-order valence-electron chi connectivity index (χ2n) is 7.42. The zero-order chi connectivity index (χ0) is 16.5. The van der Waals surface area contributed by atoms with Crippen LogP contribution in [0.15, 0.2) is 48.5 Å². The fourth-order valence-corrected chi connectivity index (χ4v) is 1.75. The van der Waals surface area contributed by atoms with Crippen LogP contribution in [0.25, 0.3) is 0 Å². The van der Waals surface area contributed by atoms with Gasteiger partial charge in [-0.25, -0.2) is 12.1 Å². The molecule has 4 heteroatoms. The molecule has 0 nitrogen and oxygen atoms in total. The molecule has 0 atom stereocenters. The minimum Gasteiger partial charge on any atom is -0.210 e. The molecule has 0 N–H and O–H groups in total. The molecule has 24 heavy (non-hydrogen) atoms. The summed E-state index contributed by atoms with van der Waals surface area (Å²) in [5.74, 6) is 0. The molecule has 0 aliphatic rings. The molecule has 0 saturated heterocycles. The van der Waals surface area contributed by atoms with Gasteiger partial charge in [-0.3, -0.25) is 0 Å². The second-order valence-corrected chi connectivity index (χ2v) is 8.58. The van der Waals surface area contributed by atoms with Crippen molar-refractivity contribution in [1.29, 1.82) is 0 Å². The molecule has 0 aromatic heterocycles. The molecule has 2 aromatic rings. The monoisotopic (exact) mass is 526 g/mol. The van der Waals surface area contributed by atoms with Gasteiger partial charge in [0.25, 0.3) is 0 Å². The van der Waals surface area contributed by atoms with E-state index in [1.807, 2.05) is 0 Å². The fourth-order valence-electron chi connectivity index (χ4n) is 1.75. The van der Waals surface area contributed by atoms with Crippen molar-refractivity contribution in [2.45, 2.75) is 65.5 Å². The van der Waals surface area contributed by atoms with Crippen LogP contribution in [-0.2, 0) is 10.8 Å². The summed E-state index contributed by atoms with van der Waals surface area (Å²) in [6.45, 7) is 17.8. The van der Waals surface area contributed by atoms with Gasteiger partial charge in [0.15, 0.2) is 0 Å². The summed E-state index contributed by atoms with van der Waals surface area (Å²) in [6, 6.07) is 17.0. The molecular weight excluding hydrogens is 491 g/mol. The first-order chi connectivity index (χ1) is 9.62. The van der Waals surface area contributed by atoms with E-state index in [1.54, 1.807) is 0 Å². The molecule has 0 aliphatic heterocycles. The Morgan fingerprint density at radius 3 is 1.04 bits per heavy atom. The van der Waals surface area contributed by atoms with Gasteiger partial charge in [0.1, 0.15) is 0 Å². The summed E-state index contributed by atoms with van der Waals surface area (Å²) in [7, 11) is 0.750. The van der Waals surface area contributed by atoms with E-state index in [4.69, 9.17) is 0 Å². The van der Waals surface area contributed by atoms with Crippen molar-refractivity contribution < 1.29 is 49.4 Å². The van der Waals surface area contributed by atoms with Crippen molar-refractivity contribution in [3.63, 3.8) is 0 Å². The summed E-state index contributed by atoms with van der Waals surface area (Å²) in [5, 5.41) is 0. The molecule has 0 amide bonds. The predicted molar refractivity (Wildman–Crippen MR) is 115 cm³/mol. The molecule has 0 spiro atoms. The topological polar surface area (TPSA) is 0 Å². The molecular formula is C20H35Cl2EuSi. The van der Waals surface area contributed by atoms with Crippen LogP contribution >= 0.6 is 24.8 Å². The minimum absolute atomic E-state index is 0. The van der Waals surface area contributed by atoms with Gasteiger partial charge in [-0.15, -0.1) is 24.8 Å². The fraction of sp³-hybridized carbons (Fsp3) is 0.500. The van der Waals surface area contributed by atoms with Gasteiger partial charge in [-0.2, -0.15) is 47.5 Å². The second kappa shape index (κ2) is 16.3. The number of halogens is 2. The van der Waals surface area contributed by atoms with Crippen LogP contribution in [-0.4, -0.2) is 9.52 Å². The van der Waals surface area contributed by atoms with Gasteiger partial charge >= 0.3 is 49.4 Å². The SMILES string of the molecule is CC(C)(C)c1cc[cH-]c1.CC(C)(C)c1cc[cH-]c1.C[SiH]C.Cl.Cl.[Eu+2]. The van der Waals surface area contributed by atoms with E-state index in [0.29, 0.717) is 10.8 Å². The molecule has 2 radical (unpaired) electrons. The van der Waals surface area contributed by atoms with E-state index in [0.717, 1.165) is 9.52 Å². The van der Waals surface area contributed by atoms with Crippen LogP contribution in [0, 0.1) is 49.4 Å². The zero-order valence-electron chi connectivity index (χ0n) is 16.4. The summed E-state index contributed by atoms with van der Waals surface area (Å²) < 4.78 is 0. The van der Waals surface area contributed by atoms with Crippen LogP contribution in [0.4, 0.5) is 0 Å². The number of hydrogen-bond acceptors (Lipinski definition) is 0. The molecule has 0 unspecified atom stereocenters. The standard InChI is InChI=1S/2C9H13.C2H7Si.2ClH.Eu/c2*1-9(2,3)8-6-4-5-7-8;1-3-2;;;/h2*4-7H,1-3H3;3H,1-2H3;2*1H;/q2*-1;;;;+2. The van der Waals surface area contributed by atoms with E-state index in [9.17, 15) is 0 Å². The first kappa shape index (κ1) is 32.7. The summed E-state index contributed by atoms with van der Waals surface area (Å²) in [4.78, 5) is 0. The molecule has 0 bridgehead atoms. The minimum atomic E-state index is 0. The average molecular weight is 526 g/mol. The third-order valence-electron chi connectivity index (χ3n) is 3.06. The van der Waals surface area contributed by atoms with E-state index >= 15 is 0 Å². The normalized spacial score (nSPS) is 9.67. The van der Waals surface area contributed by atoms with E-state index in [2.05, 4.69) is 103 Å². The van der Waals surface area contributed by atoms with Crippen LogP contribution in [0.5, 0.6) is 0 Å². The van der Waals surface area contributed by atoms with Crippen molar-refractivity contribution in [3.05, 3.63) is 59.7 Å². The molecule has 2 aromatic carbocycles. The van der Waals surface area contributed by atoms with Gasteiger partial charge in [0.2, 0.25) is 0 Å². The maximum Gasteiger partial charge on any atom is 2.00 e. The van der Waals surface area contributed by atoms with Crippen molar-refractivity contribution >= 4 is 34.3 Å². The molecule has 140 valence electrons. The Balaban J connectivity index is -0.000000130. The van der Waals surface area contributed by atoms with E-state index in [-0.39, 0.29) is 74.2 Å². The summed E-state index contributed by atoms with van der Waals surface area (Å²) in [6.07, 6.45) is 0. The van der Waals surface area contributed by atoms with Gasteiger partial charge in [-0.05, 0) is 0 Å². The Bertz CT molecular complexity index is 405. The Hall–Kier alpha value is 1.08. The Morgan fingerprint density at radius 2 is 0.958 bits per heavy atom. The number of hydrogen-bond donors (Lipinski definition) is 0. The number of rotatable bonds is 0. The van der Waals surface area contributed by atoms with Crippen LogP contribution in [0.1, 0.15) is 52.7 Å². The zero-order valence-corrected chi connectivity index (χ0v) is 21.6. The average Bonchev–Trinajstić information content (AvgIpc) is 3.03. The van der Waals surface area contributed by atoms with Gasteiger partial charge in [-0.1, -0.05) is 65.5 Å². The van der Waals surface area contributed by atoms with Crippen LogP contribution < -0.4 is 0 Å². The maximum absolute atomic E-state index is 2.22. The Labute approximate surface area is 206 Å². The molecule has 2 rings (SSSR count). The third-order valence-corrected chi connectivity index (χ3v) is 3.06. The van der Waals surface area contributed by atoms with Crippen LogP contribution in [0.3, 0.4) is 0 Å². The van der Waals surface area contributed by atoms with Crippen molar-refractivity contribution in [3.8, 4) is 0 Å². The molecule has 0 saturated carbocycles. The Morgan fingerprint density at radius 1 is 0.708 bits per heavy atom. The van der Waals surface area contributed by atoms with Crippen LogP contribution in [0.2, 0.25) is 13.1 Å². The molecule has 0 heterocycles. The van der Waals surface area contributed by atoms with Gasteiger partial charge in [0, 0.05) is 9.52 Å². The third kappa shape index (κ3) is 15.3. The molecule has 0 fully saturated rings. The van der Waals surface area contributed by atoms with Crippen molar-refractivity contribution in [2.75, 3.05) is 0 Å². The largest absolute Gasteiger partial charge is 2.00 e. The van der Waals surface area contributed by atoms with Gasteiger partial charge in [0.05, 0.1) is 0 Å². The first-order valence-electron chi connectivity index (χ1n) is 7.81. The first-order valence-corrected chi connectivity index (χ1v) is 10.1. The van der Waals surface area contributed by atoms with E-state index in [1.165, 1.54) is 11.1 Å². The van der Waals surface area contributed by atoms with Gasteiger partial charge < -0.3 is 0 Å².